The summed E-state index contributed by atoms with van der Waals surface area (Å²) in [6.45, 7) is 0. The smallest absolute Gasteiger partial charge is 0.282 e. The van der Waals surface area contributed by atoms with Crippen molar-refractivity contribution < 1.29 is 13.6 Å². The van der Waals surface area contributed by atoms with Gasteiger partial charge in [0.05, 0.1) is 11.3 Å². The summed E-state index contributed by atoms with van der Waals surface area (Å²) in [6.07, 6.45) is -1.68. The van der Waals surface area contributed by atoms with Crippen LogP contribution in [0, 0.1) is 3.57 Å². The normalized spacial score (nSPS) is 10.6. The van der Waals surface area contributed by atoms with Crippen LogP contribution < -0.4 is 5.73 Å². The van der Waals surface area contributed by atoms with Gasteiger partial charge < -0.3 is 5.73 Å². The van der Waals surface area contributed by atoms with E-state index in [2.05, 4.69) is 4.98 Å². The molecule has 76 valence electrons. The van der Waals surface area contributed by atoms with E-state index in [4.69, 9.17) is 17.3 Å². The molecule has 0 saturated carbocycles. The Kier molecular flexibility index (Phi) is 3.59. The van der Waals surface area contributed by atoms with Crippen LogP contribution in [0.25, 0.3) is 0 Å². The van der Waals surface area contributed by atoms with Crippen molar-refractivity contribution >= 4 is 45.1 Å². The summed E-state index contributed by atoms with van der Waals surface area (Å²) in [5.41, 5.74) is 4.25. The molecule has 0 amide bonds. The van der Waals surface area contributed by atoms with E-state index in [1.807, 2.05) is 0 Å². The Labute approximate surface area is 96.8 Å². The Morgan fingerprint density at radius 2 is 2.21 bits per heavy atom. The lowest BCUT2D eigenvalue weighted by molar-refractivity contribution is 0.108. The molecule has 1 heterocycles. The third-order valence-electron chi connectivity index (χ3n) is 1.50. The average molecular weight is 332 g/mol. The Morgan fingerprint density at radius 1 is 1.64 bits per heavy atom. The number of halogens is 4. The summed E-state index contributed by atoms with van der Waals surface area (Å²) in [6, 6.07) is 0. The number of hydrogen-bond acceptors (Lipinski definition) is 3. The summed E-state index contributed by atoms with van der Waals surface area (Å²) >= 11 is 6.94. The van der Waals surface area contributed by atoms with Gasteiger partial charge >= 0.3 is 0 Å². The summed E-state index contributed by atoms with van der Waals surface area (Å²) in [7, 11) is 0. The Hall–Kier alpha value is -0.500. The number of rotatable bonds is 2. The Morgan fingerprint density at radius 3 is 2.64 bits per heavy atom. The molecule has 0 unspecified atom stereocenters. The van der Waals surface area contributed by atoms with Crippen LogP contribution in [0.1, 0.15) is 22.5 Å². The van der Waals surface area contributed by atoms with Gasteiger partial charge in [0.1, 0.15) is 5.69 Å². The maximum Gasteiger partial charge on any atom is 0.282 e. The van der Waals surface area contributed by atoms with Gasteiger partial charge in [-0.25, -0.2) is 8.78 Å². The van der Waals surface area contributed by atoms with Crippen LogP contribution in [0.5, 0.6) is 0 Å². The molecule has 0 fully saturated rings. The fourth-order valence-electron chi connectivity index (χ4n) is 0.891. The minimum atomic E-state index is -2.82. The fraction of sp³-hybridized carbons (Fsp3) is 0.143. The van der Waals surface area contributed by atoms with Crippen molar-refractivity contribution in [3.63, 3.8) is 0 Å². The zero-order valence-electron chi connectivity index (χ0n) is 6.60. The van der Waals surface area contributed by atoms with Gasteiger partial charge in [0, 0.05) is 9.77 Å². The standard InChI is InChI=1S/C7H4ClF2IN2O/c8-6(14)3-2(11)1-13-5(4(3)12)7(9)10/h1,7H,12H2. The molecule has 14 heavy (non-hydrogen) atoms. The third-order valence-corrected chi connectivity index (χ3v) is 2.51. The van der Waals surface area contributed by atoms with Crippen LogP contribution in [-0.2, 0) is 0 Å². The zero-order valence-corrected chi connectivity index (χ0v) is 9.51. The van der Waals surface area contributed by atoms with E-state index in [-0.39, 0.29) is 11.3 Å². The number of hydrogen-bond donors (Lipinski definition) is 1. The summed E-state index contributed by atoms with van der Waals surface area (Å²) in [4.78, 5) is 14.3. The van der Waals surface area contributed by atoms with Gasteiger partial charge in [0.2, 0.25) is 0 Å². The van der Waals surface area contributed by atoms with E-state index in [1.165, 1.54) is 0 Å². The number of aromatic nitrogens is 1. The van der Waals surface area contributed by atoms with Crippen molar-refractivity contribution in [3.8, 4) is 0 Å². The second kappa shape index (κ2) is 4.35. The molecule has 1 aromatic rings. The van der Waals surface area contributed by atoms with E-state index in [9.17, 15) is 13.6 Å². The van der Waals surface area contributed by atoms with Crippen LogP contribution in [0.4, 0.5) is 14.5 Å². The van der Waals surface area contributed by atoms with Crippen molar-refractivity contribution in [1.82, 2.24) is 4.98 Å². The van der Waals surface area contributed by atoms with E-state index < -0.39 is 17.4 Å². The van der Waals surface area contributed by atoms with E-state index >= 15 is 0 Å². The first-order valence-corrected chi connectivity index (χ1v) is 4.82. The van der Waals surface area contributed by atoms with Crippen molar-refractivity contribution in [1.29, 1.82) is 0 Å². The lowest BCUT2D eigenvalue weighted by atomic mass is 10.2. The zero-order chi connectivity index (χ0) is 10.9. The summed E-state index contributed by atoms with van der Waals surface area (Å²) in [5, 5.41) is -0.865. The summed E-state index contributed by atoms with van der Waals surface area (Å²) in [5.74, 6) is 0. The molecule has 0 aliphatic rings. The minimum Gasteiger partial charge on any atom is -0.396 e. The Balaban J connectivity index is 3.41. The molecule has 0 saturated heterocycles. The molecule has 0 aliphatic carbocycles. The first kappa shape index (κ1) is 11.6. The van der Waals surface area contributed by atoms with Gasteiger partial charge in [-0.05, 0) is 34.2 Å². The Bertz CT molecular complexity index is 386. The van der Waals surface area contributed by atoms with Gasteiger partial charge in [-0.2, -0.15) is 0 Å². The van der Waals surface area contributed by atoms with Crippen LogP contribution in [0.3, 0.4) is 0 Å². The number of carbonyl (C=O) groups excluding carboxylic acids is 1. The van der Waals surface area contributed by atoms with Gasteiger partial charge in [-0.1, -0.05) is 0 Å². The molecule has 3 nitrogen and oxygen atoms in total. The van der Waals surface area contributed by atoms with Crippen LogP contribution >= 0.6 is 34.2 Å². The molecule has 0 aliphatic heterocycles. The van der Waals surface area contributed by atoms with Crippen molar-refractivity contribution in [3.05, 3.63) is 21.0 Å². The molecule has 0 atom stereocenters. The van der Waals surface area contributed by atoms with Crippen molar-refractivity contribution in [2.24, 2.45) is 0 Å². The number of nitrogen functional groups attached to an aromatic ring is 1. The predicted octanol–water partition coefficient (Wildman–Crippen LogP) is 2.59. The van der Waals surface area contributed by atoms with Gasteiger partial charge in [-0.3, -0.25) is 9.78 Å². The second-order valence-electron chi connectivity index (χ2n) is 2.35. The third kappa shape index (κ3) is 2.11. The SMILES string of the molecule is Nc1c(C(F)F)ncc(I)c1C(=O)Cl. The quantitative estimate of drug-likeness (QED) is 0.669. The lowest BCUT2D eigenvalue weighted by Crippen LogP contribution is -2.07. The fourth-order valence-corrected chi connectivity index (χ4v) is 1.93. The van der Waals surface area contributed by atoms with E-state index in [1.54, 1.807) is 22.6 Å². The van der Waals surface area contributed by atoms with Crippen molar-refractivity contribution in [2.75, 3.05) is 5.73 Å². The number of pyridine rings is 1. The molecule has 0 bridgehead atoms. The van der Waals surface area contributed by atoms with Crippen LogP contribution in [-0.4, -0.2) is 10.2 Å². The highest BCUT2D eigenvalue weighted by molar-refractivity contribution is 14.1. The number of nitrogens with zero attached hydrogens (tertiary/aromatic N) is 1. The number of alkyl halides is 2. The number of nitrogens with two attached hydrogens (primary N) is 1. The van der Waals surface area contributed by atoms with Gasteiger partial charge in [0.15, 0.2) is 0 Å². The maximum atomic E-state index is 12.3. The number of anilines is 1. The predicted molar refractivity (Wildman–Crippen MR) is 56.5 cm³/mol. The molecule has 0 aromatic carbocycles. The molecular formula is C7H4ClF2IN2O. The average Bonchev–Trinajstić information content (AvgIpc) is 2.02. The maximum absolute atomic E-state index is 12.3. The van der Waals surface area contributed by atoms with Crippen molar-refractivity contribution in [2.45, 2.75) is 6.43 Å². The molecule has 0 radical (unpaired) electrons. The molecule has 2 N–H and O–H groups in total. The molecular weight excluding hydrogens is 328 g/mol. The van der Waals surface area contributed by atoms with Crippen LogP contribution in [0.15, 0.2) is 6.20 Å². The summed E-state index contributed by atoms with van der Waals surface area (Å²) < 4.78 is 25.0. The largest absolute Gasteiger partial charge is 0.396 e. The topological polar surface area (TPSA) is 56.0 Å². The molecule has 0 spiro atoms. The lowest BCUT2D eigenvalue weighted by Gasteiger charge is -2.07. The van der Waals surface area contributed by atoms with Crippen LogP contribution in [0.2, 0.25) is 0 Å². The first-order valence-electron chi connectivity index (χ1n) is 3.37. The highest BCUT2D eigenvalue weighted by atomic mass is 127. The minimum absolute atomic E-state index is 0.113. The van der Waals surface area contributed by atoms with Gasteiger partial charge in [-0.15, -0.1) is 0 Å². The molecule has 1 aromatic heterocycles. The van der Waals surface area contributed by atoms with E-state index in [0.717, 1.165) is 6.20 Å². The highest BCUT2D eigenvalue weighted by Crippen LogP contribution is 2.29. The second-order valence-corrected chi connectivity index (χ2v) is 3.86. The molecule has 7 heteroatoms. The monoisotopic (exact) mass is 332 g/mol. The first-order chi connectivity index (χ1) is 6.45. The highest BCUT2D eigenvalue weighted by Gasteiger charge is 2.21. The van der Waals surface area contributed by atoms with Gasteiger partial charge in [0.25, 0.3) is 11.7 Å². The molecule has 1 rings (SSSR count). The number of carbonyl (C=O) groups is 1. The van der Waals surface area contributed by atoms with E-state index in [0.29, 0.717) is 3.57 Å².